The van der Waals surface area contributed by atoms with E-state index in [0.29, 0.717) is 0 Å². The zero-order chi connectivity index (χ0) is 12.0. The maximum Gasteiger partial charge on any atom is 0.00978 e. The lowest BCUT2D eigenvalue weighted by Gasteiger charge is -2.27. The van der Waals surface area contributed by atoms with Crippen LogP contribution >= 0.6 is 0 Å². The third-order valence-electron chi connectivity index (χ3n) is 4.21. The molecule has 0 radical (unpaired) electrons. The lowest BCUT2D eigenvalue weighted by Crippen LogP contribution is -2.36. The monoisotopic (exact) mass is 225 g/mol. The third-order valence-corrected chi connectivity index (χ3v) is 4.21. The fourth-order valence-electron chi connectivity index (χ4n) is 3.37. The zero-order valence-corrected chi connectivity index (χ0v) is 11.8. The molecule has 16 heavy (non-hydrogen) atoms. The highest BCUT2D eigenvalue weighted by Crippen LogP contribution is 2.34. The molecule has 1 aliphatic rings. The first-order valence-electron chi connectivity index (χ1n) is 7.40. The van der Waals surface area contributed by atoms with E-state index in [2.05, 4.69) is 33.0 Å². The SMILES string of the molecule is CCCC(C)CC(NCC)C1CCC(C)C1. The summed E-state index contributed by atoms with van der Waals surface area (Å²) in [6, 6.07) is 0.788. The molecule has 1 nitrogen and oxygen atoms in total. The number of rotatable bonds is 7. The Morgan fingerprint density at radius 1 is 1.25 bits per heavy atom. The van der Waals surface area contributed by atoms with Crippen molar-refractivity contribution in [1.29, 1.82) is 0 Å². The lowest BCUT2D eigenvalue weighted by molar-refractivity contribution is 0.293. The Morgan fingerprint density at radius 3 is 2.50 bits per heavy atom. The van der Waals surface area contributed by atoms with Gasteiger partial charge in [-0.1, -0.05) is 47.0 Å². The van der Waals surface area contributed by atoms with E-state index in [1.807, 2.05) is 0 Å². The van der Waals surface area contributed by atoms with Gasteiger partial charge < -0.3 is 5.32 Å². The van der Waals surface area contributed by atoms with Crippen LogP contribution in [0.15, 0.2) is 0 Å². The minimum atomic E-state index is 0.788. The molecular weight excluding hydrogens is 194 g/mol. The second kappa shape index (κ2) is 7.32. The maximum atomic E-state index is 3.73. The zero-order valence-electron chi connectivity index (χ0n) is 11.8. The van der Waals surface area contributed by atoms with Gasteiger partial charge in [-0.15, -0.1) is 0 Å². The van der Waals surface area contributed by atoms with Crippen LogP contribution in [0.2, 0.25) is 0 Å². The number of hydrogen-bond acceptors (Lipinski definition) is 1. The van der Waals surface area contributed by atoms with E-state index < -0.39 is 0 Å². The molecular formula is C15H31N. The normalized spacial score (nSPS) is 29.2. The fourth-order valence-corrected chi connectivity index (χ4v) is 3.37. The summed E-state index contributed by atoms with van der Waals surface area (Å²) in [5.74, 6) is 2.81. The van der Waals surface area contributed by atoms with Gasteiger partial charge in [-0.3, -0.25) is 0 Å². The van der Waals surface area contributed by atoms with Crippen LogP contribution in [0.5, 0.6) is 0 Å². The van der Waals surface area contributed by atoms with Gasteiger partial charge in [0.2, 0.25) is 0 Å². The van der Waals surface area contributed by atoms with Gasteiger partial charge in [-0.25, -0.2) is 0 Å². The molecule has 1 saturated carbocycles. The first-order chi connectivity index (χ1) is 7.67. The Morgan fingerprint density at radius 2 is 2.00 bits per heavy atom. The minimum Gasteiger partial charge on any atom is -0.314 e. The molecule has 0 heterocycles. The van der Waals surface area contributed by atoms with E-state index in [1.165, 1.54) is 38.5 Å². The average molecular weight is 225 g/mol. The largest absolute Gasteiger partial charge is 0.314 e. The van der Waals surface area contributed by atoms with Crippen molar-refractivity contribution in [3.8, 4) is 0 Å². The van der Waals surface area contributed by atoms with E-state index in [-0.39, 0.29) is 0 Å². The van der Waals surface area contributed by atoms with Gasteiger partial charge in [0.15, 0.2) is 0 Å². The highest BCUT2D eigenvalue weighted by Gasteiger charge is 2.28. The van der Waals surface area contributed by atoms with Gasteiger partial charge in [0, 0.05) is 6.04 Å². The van der Waals surface area contributed by atoms with Gasteiger partial charge >= 0.3 is 0 Å². The lowest BCUT2D eigenvalue weighted by atomic mass is 9.88. The van der Waals surface area contributed by atoms with Crippen LogP contribution in [0.4, 0.5) is 0 Å². The average Bonchev–Trinajstić information content (AvgIpc) is 2.64. The summed E-state index contributed by atoms with van der Waals surface area (Å²) in [6.45, 7) is 10.5. The summed E-state index contributed by atoms with van der Waals surface area (Å²) in [4.78, 5) is 0. The smallest absolute Gasteiger partial charge is 0.00978 e. The first-order valence-corrected chi connectivity index (χ1v) is 7.40. The van der Waals surface area contributed by atoms with Crippen molar-refractivity contribution in [2.75, 3.05) is 6.54 Å². The van der Waals surface area contributed by atoms with E-state index in [9.17, 15) is 0 Å². The third kappa shape index (κ3) is 4.45. The number of hydrogen-bond donors (Lipinski definition) is 1. The Balaban J connectivity index is 2.40. The number of nitrogens with one attached hydrogen (secondary N) is 1. The van der Waals surface area contributed by atoms with E-state index >= 15 is 0 Å². The fraction of sp³-hybridized carbons (Fsp3) is 1.00. The van der Waals surface area contributed by atoms with Gasteiger partial charge in [-0.05, 0) is 43.6 Å². The van der Waals surface area contributed by atoms with Crippen molar-refractivity contribution in [1.82, 2.24) is 5.32 Å². The predicted molar refractivity (Wildman–Crippen MR) is 72.7 cm³/mol. The second-order valence-electron chi connectivity index (χ2n) is 5.97. The molecule has 96 valence electrons. The molecule has 1 rings (SSSR count). The molecule has 1 N–H and O–H groups in total. The predicted octanol–water partition coefficient (Wildman–Crippen LogP) is 4.23. The summed E-state index contributed by atoms with van der Waals surface area (Å²) in [5, 5.41) is 3.73. The van der Waals surface area contributed by atoms with Crippen LogP contribution in [0.25, 0.3) is 0 Å². The molecule has 4 atom stereocenters. The summed E-state index contributed by atoms with van der Waals surface area (Å²) in [5.41, 5.74) is 0. The van der Waals surface area contributed by atoms with Gasteiger partial charge in [0.05, 0.1) is 0 Å². The molecule has 0 bridgehead atoms. The molecule has 0 aliphatic heterocycles. The molecule has 1 fully saturated rings. The Kier molecular flexibility index (Phi) is 6.41. The van der Waals surface area contributed by atoms with Crippen LogP contribution in [0, 0.1) is 17.8 Å². The molecule has 0 amide bonds. The Labute approximate surface area is 102 Å². The van der Waals surface area contributed by atoms with Gasteiger partial charge in [-0.2, -0.15) is 0 Å². The molecule has 1 aliphatic carbocycles. The van der Waals surface area contributed by atoms with Crippen LogP contribution in [0.3, 0.4) is 0 Å². The van der Waals surface area contributed by atoms with Crippen LogP contribution in [0.1, 0.15) is 66.2 Å². The molecule has 1 heteroatoms. The standard InChI is InChI=1S/C15H31N/c1-5-7-12(3)11-15(16-6-2)14-9-8-13(4)10-14/h12-16H,5-11H2,1-4H3. The first kappa shape index (κ1) is 14.0. The molecule has 0 spiro atoms. The van der Waals surface area contributed by atoms with Crippen molar-refractivity contribution < 1.29 is 0 Å². The van der Waals surface area contributed by atoms with Crippen molar-refractivity contribution in [3.63, 3.8) is 0 Å². The van der Waals surface area contributed by atoms with E-state index in [0.717, 1.165) is 30.3 Å². The quantitative estimate of drug-likeness (QED) is 0.684. The highest BCUT2D eigenvalue weighted by molar-refractivity contribution is 4.84. The van der Waals surface area contributed by atoms with Crippen LogP contribution < -0.4 is 5.32 Å². The van der Waals surface area contributed by atoms with E-state index in [1.54, 1.807) is 0 Å². The van der Waals surface area contributed by atoms with Crippen molar-refractivity contribution in [2.24, 2.45) is 17.8 Å². The second-order valence-corrected chi connectivity index (χ2v) is 5.97. The van der Waals surface area contributed by atoms with E-state index in [4.69, 9.17) is 0 Å². The van der Waals surface area contributed by atoms with Gasteiger partial charge in [0.25, 0.3) is 0 Å². The maximum absolute atomic E-state index is 3.73. The molecule has 4 unspecified atom stereocenters. The Hall–Kier alpha value is -0.0400. The molecule has 0 aromatic carbocycles. The Bertz CT molecular complexity index is 178. The van der Waals surface area contributed by atoms with Gasteiger partial charge in [0.1, 0.15) is 0 Å². The minimum absolute atomic E-state index is 0.788. The topological polar surface area (TPSA) is 12.0 Å². The van der Waals surface area contributed by atoms with Crippen LogP contribution in [-0.2, 0) is 0 Å². The summed E-state index contributed by atoms with van der Waals surface area (Å²) in [7, 11) is 0. The van der Waals surface area contributed by atoms with Crippen molar-refractivity contribution >= 4 is 0 Å². The molecule has 0 aromatic heterocycles. The van der Waals surface area contributed by atoms with Crippen molar-refractivity contribution in [2.45, 2.75) is 72.3 Å². The summed E-state index contributed by atoms with van der Waals surface area (Å²) >= 11 is 0. The van der Waals surface area contributed by atoms with Crippen LogP contribution in [-0.4, -0.2) is 12.6 Å². The summed E-state index contributed by atoms with van der Waals surface area (Å²) < 4.78 is 0. The molecule has 0 saturated heterocycles. The summed E-state index contributed by atoms with van der Waals surface area (Å²) in [6.07, 6.45) is 8.48. The molecule has 0 aromatic rings. The highest BCUT2D eigenvalue weighted by atomic mass is 14.9. The van der Waals surface area contributed by atoms with Crippen molar-refractivity contribution in [3.05, 3.63) is 0 Å².